The number of hydrogen-bond acceptors (Lipinski definition) is 4. The van der Waals surface area contributed by atoms with E-state index in [4.69, 9.17) is 11.6 Å². The molecule has 2 N–H and O–H groups in total. The van der Waals surface area contributed by atoms with Crippen LogP contribution in [0, 0.1) is 6.92 Å². The van der Waals surface area contributed by atoms with Crippen LogP contribution in [0.15, 0.2) is 47.4 Å². The Morgan fingerprint density at radius 2 is 1.69 bits per heavy atom. The zero-order valence-electron chi connectivity index (χ0n) is 14.4. The van der Waals surface area contributed by atoms with Gasteiger partial charge in [-0.3, -0.25) is 9.59 Å². The molecule has 0 radical (unpaired) electrons. The summed E-state index contributed by atoms with van der Waals surface area (Å²) in [6.45, 7) is 3.14. The maximum absolute atomic E-state index is 12.4. The van der Waals surface area contributed by atoms with Gasteiger partial charge in [-0.25, -0.2) is 8.42 Å². The van der Waals surface area contributed by atoms with Crippen LogP contribution in [0.5, 0.6) is 0 Å². The van der Waals surface area contributed by atoms with E-state index < -0.39 is 15.7 Å². The summed E-state index contributed by atoms with van der Waals surface area (Å²) >= 11 is 6.00. The third-order valence-corrected chi connectivity index (χ3v) is 5.81. The molecule has 0 aliphatic carbocycles. The second-order valence-corrected chi connectivity index (χ2v) is 8.25. The van der Waals surface area contributed by atoms with Crippen molar-refractivity contribution in [3.63, 3.8) is 0 Å². The number of hydrogen-bond donors (Lipinski definition) is 2. The van der Waals surface area contributed by atoms with Gasteiger partial charge in [-0.15, -0.1) is 0 Å². The zero-order valence-corrected chi connectivity index (χ0v) is 15.9. The van der Waals surface area contributed by atoms with E-state index in [1.165, 1.54) is 31.2 Å². The monoisotopic (exact) mass is 394 g/mol. The molecule has 0 aromatic heterocycles. The van der Waals surface area contributed by atoms with Crippen LogP contribution in [0.3, 0.4) is 0 Å². The van der Waals surface area contributed by atoms with Gasteiger partial charge in [0.05, 0.1) is 10.6 Å². The first-order valence-electron chi connectivity index (χ1n) is 7.84. The highest BCUT2D eigenvalue weighted by atomic mass is 35.5. The van der Waals surface area contributed by atoms with Crippen molar-refractivity contribution in [3.05, 3.63) is 53.1 Å². The Morgan fingerprint density at radius 1 is 1.04 bits per heavy atom. The normalized spacial score (nSPS) is 11.0. The molecule has 0 unspecified atom stereocenters. The van der Waals surface area contributed by atoms with E-state index in [0.29, 0.717) is 16.4 Å². The lowest BCUT2D eigenvalue weighted by Crippen LogP contribution is -2.18. The van der Waals surface area contributed by atoms with Crippen LogP contribution in [0.4, 0.5) is 11.4 Å². The first-order valence-corrected chi connectivity index (χ1v) is 9.87. The fraction of sp³-hybridized carbons (Fsp3) is 0.222. The highest BCUT2D eigenvalue weighted by Crippen LogP contribution is 2.23. The maximum atomic E-state index is 12.4. The molecule has 0 heterocycles. The molecule has 0 saturated heterocycles. The number of anilines is 2. The summed E-state index contributed by atoms with van der Waals surface area (Å²) in [4.78, 5) is 23.1. The second-order valence-electron chi connectivity index (χ2n) is 5.74. The Hall–Kier alpha value is -2.38. The summed E-state index contributed by atoms with van der Waals surface area (Å²) < 4.78 is 24.7. The van der Waals surface area contributed by atoms with Gasteiger partial charge in [0.2, 0.25) is 11.8 Å². The van der Waals surface area contributed by atoms with Crippen LogP contribution >= 0.6 is 11.6 Å². The Balaban J connectivity index is 1.99. The average Bonchev–Trinajstić information content (AvgIpc) is 2.57. The molecule has 0 fully saturated rings. The summed E-state index contributed by atoms with van der Waals surface area (Å²) in [5, 5.41) is 5.76. The average molecular weight is 395 g/mol. The number of carbonyl (C=O) groups excluding carboxylic acids is 2. The molecule has 0 atom stereocenters. The fourth-order valence-electron chi connectivity index (χ4n) is 2.25. The lowest BCUT2D eigenvalue weighted by Gasteiger charge is -2.10. The molecule has 8 heteroatoms. The lowest BCUT2D eigenvalue weighted by atomic mass is 10.2. The molecule has 2 amide bonds. The Labute approximate surface area is 157 Å². The fourth-order valence-corrected chi connectivity index (χ4v) is 3.66. The SMILES string of the molecule is CC(=O)Nc1ccc(S(=O)(=O)CCC(=O)Nc2cccc(Cl)c2C)cc1. The molecule has 0 bridgehead atoms. The molecular weight excluding hydrogens is 376 g/mol. The highest BCUT2D eigenvalue weighted by molar-refractivity contribution is 7.91. The molecule has 0 spiro atoms. The Morgan fingerprint density at radius 3 is 2.31 bits per heavy atom. The standard InChI is InChI=1S/C18H19ClN2O4S/c1-12-16(19)4-3-5-17(12)21-18(23)10-11-26(24,25)15-8-6-14(7-9-15)20-13(2)22/h3-9H,10-11H2,1-2H3,(H,20,22)(H,21,23). The van der Waals surface area contributed by atoms with E-state index >= 15 is 0 Å². The second kappa shape index (κ2) is 8.33. The van der Waals surface area contributed by atoms with E-state index in [-0.39, 0.29) is 23.0 Å². The number of halogens is 1. The third kappa shape index (κ3) is 5.31. The predicted molar refractivity (Wildman–Crippen MR) is 102 cm³/mol. The van der Waals surface area contributed by atoms with Crippen LogP contribution in [-0.2, 0) is 19.4 Å². The van der Waals surface area contributed by atoms with Crippen molar-refractivity contribution >= 4 is 44.6 Å². The molecule has 0 saturated carbocycles. The first-order chi connectivity index (χ1) is 12.2. The van der Waals surface area contributed by atoms with Gasteiger partial charge in [-0.1, -0.05) is 17.7 Å². The number of carbonyl (C=O) groups is 2. The van der Waals surface area contributed by atoms with Crippen molar-refractivity contribution in [3.8, 4) is 0 Å². The minimum absolute atomic E-state index is 0.0957. The van der Waals surface area contributed by atoms with Crippen molar-refractivity contribution in [1.29, 1.82) is 0 Å². The van der Waals surface area contributed by atoms with Crippen LogP contribution < -0.4 is 10.6 Å². The minimum atomic E-state index is -3.61. The molecule has 2 aromatic carbocycles. The van der Waals surface area contributed by atoms with E-state index in [1.807, 2.05) is 0 Å². The highest BCUT2D eigenvalue weighted by Gasteiger charge is 2.17. The molecule has 0 aliphatic rings. The van der Waals surface area contributed by atoms with Gasteiger partial charge in [0.1, 0.15) is 0 Å². The molecule has 2 rings (SSSR count). The van der Waals surface area contributed by atoms with Crippen molar-refractivity contribution in [2.45, 2.75) is 25.2 Å². The summed E-state index contributed by atoms with van der Waals surface area (Å²) in [6, 6.07) is 10.9. The van der Waals surface area contributed by atoms with E-state index in [0.717, 1.165) is 5.56 Å². The number of nitrogens with one attached hydrogen (secondary N) is 2. The summed E-state index contributed by atoms with van der Waals surface area (Å²) in [5.41, 5.74) is 1.78. The van der Waals surface area contributed by atoms with Crippen molar-refractivity contribution in [2.75, 3.05) is 16.4 Å². The van der Waals surface area contributed by atoms with Crippen LogP contribution in [0.1, 0.15) is 18.9 Å². The van der Waals surface area contributed by atoms with Gasteiger partial charge in [0, 0.05) is 29.7 Å². The summed E-state index contributed by atoms with van der Waals surface area (Å²) in [5.74, 6) is -0.972. The predicted octanol–water partition coefficient (Wildman–Crippen LogP) is 3.41. The van der Waals surface area contributed by atoms with Gasteiger partial charge in [0.25, 0.3) is 0 Å². The number of benzene rings is 2. The minimum Gasteiger partial charge on any atom is -0.326 e. The van der Waals surface area contributed by atoms with Gasteiger partial charge < -0.3 is 10.6 Å². The van der Waals surface area contributed by atoms with E-state index in [2.05, 4.69) is 10.6 Å². The van der Waals surface area contributed by atoms with Crippen LogP contribution in [0.2, 0.25) is 5.02 Å². The smallest absolute Gasteiger partial charge is 0.225 e. The number of amides is 2. The largest absolute Gasteiger partial charge is 0.326 e. The molecule has 138 valence electrons. The number of sulfone groups is 1. The Kier molecular flexibility index (Phi) is 6.39. The van der Waals surface area contributed by atoms with Crippen molar-refractivity contribution in [2.24, 2.45) is 0 Å². The van der Waals surface area contributed by atoms with E-state index in [9.17, 15) is 18.0 Å². The quantitative estimate of drug-likeness (QED) is 0.785. The van der Waals surface area contributed by atoms with Crippen molar-refractivity contribution < 1.29 is 18.0 Å². The lowest BCUT2D eigenvalue weighted by molar-refractivity contribution is -0.116. The summed E-state index contributed by atoms with van der Waals surface area (Å²) in [7, 11) is -3.61. The molecule has 0 aliphatic heterocycles. The van der Waals surface area contributed by atoms with Crippen molar-refractivity contribution in [1.82, 2.24) is 0 Å². The van der Waals surface area contributed by atoms with Gasteiger partial charge in [-0.05, 0) is 48.9 Å². The van der Waals surface area contributed by atoms with Gasteiger partial charge in [-0.2, -0.15) is 0 Å². The topological polar surface area (TPSA) is 92.3 Å². The molecule has 26 heavy (non-hydrogen) atoms. The zero-order chi connectivity index (χ0) is 19.3. The van der Waals surface area contributed by atoms with Gasteiger partial charge >= 0.3 is 0 Å². The van der Waals surface area contributed by atoms with Gasteiger partial charge in [0.15, 0.2) is 9.84 Å². The summed E-state index contributed by atoms with van der Waals surface area (Å²) in [6.07, 6.45) is -0.179. The maximum Gasteiger partial charge on any atom is 0.225 e. The van der Waals surface area contributed by atoms with Crippen LogP contribution in [0.25, 0.3) is 0 Å². The molecule has 2 aromatic rings. The Bertz CT molecular complexity index is 925. The third-order valence-electron chi connectivity index (χ3n) is 3.67. The first kappa shape index (κ1) is 19.9. The molecule has 6 nitrogen and oxygen atoms in total. The van der Waals surface area contributed by atoms with E-state index in [1.54, 1.807) is 25.1 Å². The van der Waals surface area contributed by atoms with Crippen LogP contribution in [-0.4, -0.2) is 26.0 Å². The molecular formula is C18H19ClN2O4S. The number of rotatable bonds is 6.